The van der Waals surface area contributed by atoms with Crippen LogP contribution in [0.5, 0.6) is 0 Å². The van der Waals surface area contributed by atoms with Gasteiger partial charge in [0.1, 0.15) is 0 Å². The fraction of sp³-hybridized carbons (Fsp3) is 0.600. The van der Waals surface area contributed by atoms with Crippen LogP contribution in [0.2, 0.25) is 0 Å². The molecule has 0 aromatic heterocycles. The molecule has 1 aliphatic heterocycles. The van der Waals surface area contributed by atoms with Crippen LogP contribution in [-0.4, -0.2) is 19.1 Å². The van der Waals surface area contributed by atoms with Crippen molar-refractivity contribution in [2.75, 3.05) is 13.1 Å². The molecule has 0 amide bonds. The fourth-order valence-corrected chi connectivity index (χ4v) is 1.93. The molecule has 1 saturated heterocycles. The monoisotopic (exact) mass is 166 g/mol. The van der Waals surface area contributed by atoms with Gasteiger partial charge in [0.2, 0.25) is 0 Å². The van der Waals surface area contributed by atoms with Gasteiger partial charge in [0, 0.05) is 24.5 Å². The summed E-state index contributed by atoms with van der Waals surface area (Å²) in [6, 6.07) is 0.244. The van der Waals surface area contributed by atoms with E-state index < -0.39 is 0 Å². The highest BCUT2D eigenvalue weighted by Gasteiger charge is 2.38. The topological polar surface area (TPSA) is 38.0 Å². The molecule has 0 bridgehead atoms. The van der Waals surface area contributed by atoms with Crippen molar-refractivity contribution < 1.29 is 0 Å². The third-order valence-electron chi connectivity index (χ3n) is 2.73. The lowest BCUT2D eigenvalue weighted by Gasteiger charge is -2.30. The average Bonchev–Trinajstić information content (AvgIpc) is 2.35. The fourth-order valence-electron chi connectivity index (χ4n) is 1.93. The van der Waals surface area contributed by atoms with Crippen molar-refractivity contribution in [1.82, 2.24) is 5.32 Å². The van der Waals surface area contributed by atoms with E-state index in [2.05, 4.69) is 18.5 Å². The summed E-state index contributed by atoms with van der Waals surface area (Å²) in [6.45, 7) is 9.45. The van der Waals surface area contributed by atoms with Crippen molar-refractivity contribution >= 4 is 0 Å². The SMILES string of the molecule is C=CCC1(CC=C)CNCC1N. The normalized spacial score (nSPS) is 26.9. The molecule has 0 spiro atoms. The summed E-state index contributed by atoms with van der Waals surface area (Å²) in [7, 11) is 0. The zero-order valence-electron chi connectivity index (χ0n) is 7.55. The number of nitrogens with two attached hydrogens (primary N) is 1. The Kier molecular flexibility index (Phi) is 3.06. The molecule has 12 heavy (non-hydrogen) atoms. The summed E-state index contributed by atoms with van der Waals surface area (Å²) in [4.78, 5) is 0. The quantitative estimate of drug-likeness (QED) is 0.613. The number of allylic oxidation sites excluding steroid dienone is 2. The number of nitrogens with one attached hydrogen (secondary N) is 1. The molecule has 0 aromatic rings. The van der Waals surface area contributed by atoms with Gasteiger partial charge in [0.15, 0.2) is 0 Å². The smallest absolute Gasteiger partial charge is 0.0240 e. The van der Waals surface area contributed by atoms with Crippen LogP contribution >= 0.6 is 0 Å². The van der Waals surface area contributed by atoms with E-state index in [9.17, 15) is 0 Å². The molecule has 68 valence electrons. The molecule has 0 saturated carbocycles. The zero-order valence-corrected chi connectivity index (χ0v) is 7.55. The minimum Gasteiger partial charge on any atom is -0.326 e. The van der Waals surface area contributed by atoms with Crippen molar-refractivity contribution in [2.24, 2.45) is 11.1 Å². The van der Waals surface area contributed by atoms with Crippen molar-refractivity contribution in [3.63, 3.8) is 0 Å². The van der Waals surface area contributed by atoms with Crippen LogP contribution in [0.25, 0.3) is 0 Å². The lowest BCUT2D eigenvalue weighted by atomic mass is 9.77. The van der Waals surface area contributed by atoms with Crippen LogP contribution < -0.4 is 11.1 Å². The van der Waals surface area contributed by atoms with Crippen LogP contribution in [0.1, 0.15) is 12.8 Å². The van der Waals surface area contributed by atoms with Gasteiger partial charge in [0.25, 0.3) is 0 Å². The highest BCUT2D eigenvalue weighted by molar-refractivity contribution is 5.03. The van der Waals surface area contributed by atoms with Crippen LogP contribution in [-0.2, 0) is 0 Å². The molecular weight excluding hydrogens is 148 g/mol. The van der Waals surface area contributed by atoms with Crippen molar-refractivity contribution in [3.05, 3.63) is 25.3 Å². The Balaban J connectivity index is 2.69. The third kappa shape index (κ3) is 1.59. The Labute approximate surface area is 74.5 Å². The molecule has 0 aliphatic carbocycles. The third-order valence-corrected chi connectivity index (χ3v) is 2.73. The van der Waals surface area contributed by atoms with Crippen LogP contribution in [0.15, 0.2) is 25.3 Å². The Morgan fingerprint density at radius 1 is 1.42 bits per heavy atom. The molecule has 2 heteroatoms. The van der Waals surface area contributed by atoms with Gasteiger partial charge in [-0.25, -0.2) is 0 Å². The Hall–Kier alpha value is -0.600. The van der Waals surface area contributed by atoms with Gasteiger partial charge in [-0.3, -0.25) is 0 Å². The van der Waals surface area contributed by atoms with Gasteiger partial charge in [-0.15, -0.1) is 13.2 Å². The number of hydrogen-bond donors (Lipinski definition) is 2. The van der Waals surface area contributed by atoms with Crippen molar-refractivity contribution in [3.8, 4) is 0 Å². The number of rotatable bonds is 4. The van der Waals surface area contributed by atoms with Gasteiger partial charge >= 0.3 is 0 Å². The van der Waals surface area contributed by atoms with Crippen LogP contribution in [0.4, 0.5) is 0 Å². The van der Waals surface area contributed by atoms with E-state index in [-0.39, 0.29) is 11.5 Å². The minimum atomic E-state index is 0.184. The molecule has 0 radical (unpaired) electrons. The lowest BCUT2D eigenvalue weighted by molar-refractivity contribution is 0.292. The largest absolute Gasteiger partial charge is 0.326 e. The first-order valence-corrected chi connectivity index (χ1v) is 4.43. The molecule has 1 rings (SSSR count). The highest BCUT2D eigenvalue weighted by atomic mass is 15.0. The maximum absolute atomic E-state index is 6.03. The van der Waals surface area contributed by atoms with Gasteiger partial charge in [-0.1, -0.05) is 12.2 Å². The molecule has 1 atom stereocenters. The van der Waals surface area contributed by atoms with E-state index in [1.807, 2.05) is 12.2 Å². The summed E-state index contributed by atoms with van der Waals surface area (Å²) in [5, 5.41) is 3.31. The van der Waals surface area contributed by atoms with E-state index in [0.29, 0.717) is 0 Å². The van der Waals surface area contributed by atoms with Crippen LogP contribution in [0, 0.1) is 5.41 Å². The molecule has 1 aliphatic rings. The molecule has 1 fully saturated rings. The summed E-state index contributed by atoms with van der Waals surface area (Å²) < 4.78 is 0. The van der Waals surface area contributed by atoms with E-state index in [4.69, 9.17) is 5.73 Å². The van der Waals surface area contributed by atoms with E-state index in [0.717, 1.165) is 25.9 Å². The molecular formula is C10H18N2. The van der Waals surface area contributed by atoms with E-state index in [1.165, 1.54) is 0 Å². The Morgan fingerprint density at radius 2 is 2.00 bits per heavy atom. The second-order valence-corrected chi connectivity index (χ2v) is 3.59. The Bertz CT molecular complexity index is 165. The highest BCUT2D eigenvalue weighted by Crippen LogP contribution is 2.33. The molecule has 1 unspecified atom stereocenters. The first kappa shape index (κ1) is 9.49. The predicted octanol–water partition coefficient (Wildman–Crippen LogP) is 1.06. The van der Waals surface area contributed by atoms with Crippen molar-refractivity contribution in [1.29, 1.82) is 0 Å². The van der Waals surface area contributed by atoms with Crippen molar-refractivity contribution in [2.45, 2.75) is 18.9 Å². The summed E-state index contributed by atoms with van der Waals surface area (Å²) in [5.41, 5.74) is 6.21. The average molecular weight is 166 g/mol. The van der Waals surface area contributed by atoms with Gasteiger partial charge in [0.05, 0.1) is 0 Å². The second-order valence-electron chi connectivity index (χ2n) is 3.59. The molecule has 3 N–H and O–H groups in total. The van der Waals surface area contributed by atoms with Gasteiger partial charge in [-0.2, -0.15) is 0 Å². The Morgan fingerprint density at radius 3 is 2.33 bits per heavy atom. The minimum absolute atomic E-state index is 0.184. The molecule has 2 nitrogen and oxygen atoms in total. The maximum atomic E-state index is 6.03. The second kappa shape index (κ2) is 3.87. The first-order chi connectivity index (χ1) is 5.75. The molecule has 0 aromatic carbocycles. The van der Waals surface area contributed by atoms with Crippen LogP contribution in [0.3, 0.4) is 0 Å². The van der Waals surface area contributed by atoms with Gasteiger partial charge in [-0.05, 0) is 12.8 Å². The zero-order chi connectivity index (χ0) is 9.03. The summed E-state index contributed by atoms with van der Waals surface area (Å²) >= 11 is 0. The lowest BCUT2D eigenvalue weighted by Crippen LogP contribution is -2.39. The molecule has 1 heterocycles. The van der Waals surface area contributed by atoms with Gasteiger partial charge < -0.3 is 11.1 Å². The van der Waals surface area contributed by atoms with E-state index >= 15 is 0 Å². The predicted molar refractivity (Wildman–Crippen MR) is 52.9 cm³/mol. The summed E-state index contributed by atoms with van der Waals surface area (Å²) in [5.74, 6) is 0. The maximum Gasteiger partial charge on any atom is 0.0240 e. The number of hydrogen-bond acceptors (Lipinski definition) is 2. The standard InChI is InChI=1S/C10H18N2/c1-3-5-10(6-4-2)8-12-7-9(10)11/h3-4,9,12H,1-2,5-8,11H2. The summed E-state index contributed by atoms with van der Waals surface area (Å²) in [6.07, 6.45) is 5.87. The van der Waals surface area contributed by atoms with E-state index in [1.54, 1.807) is 0 Å². The first-order valence-electron chi connectivity index (χ1n) is 4.43.